The summed E-state index contributed by atoms with van der Waals surface area (Å²) in [4.78, 5) is 16.0. The molecule has 0 unspecified atom stereocenters. The third-order valence-corrected chi connectivity index (χ3v) is 4.99. The van der Waals surface area contributed by atoms with Gasteiger partial charge in [-0.2, -0.15) is 5.10 Å². The number of nitrogens with zero attached hydrogens (tertiary/aromatic N) is 4. The molecule has 1 saturated heterocycles. The van der Waals surface area contributed by atoms with E-state index in [1.807, 2.05) is 23.6 Å². The van der Waals surface area contributed by atoms with Crippen molar-refractivity contribution in [2.45, 2.75) is 20.4 Å². The first-order valence-corrected chi connectivity index (χ1v) is 8.43. The first-order valence-electron chi connectivity index (χ1n) is 8.43. The highest BCUT2D eigenvalue weighted by atomic mass is 19.1. The van der Waals surface area contributed by atoms with E-state index in [2.05, 4.69) is 16.9 Å². The number of piperazine rings is 1. The van der Waals surface area contributed by atoms with Gasteiger partial charge in [0.05, 0.1) is 16.9 Å². The van der Waals surface area contributed by atoms with Gasteiger partial charge >= 0.3 is 0 Å². The predicted octanol–water partition coefficient (Wildman–Crippen LogP) is 1.60. The molecule has 6 nitrogen and oxygen atoms in total. The molecule has 7 heteroatoms. The Hall–Kier alpha value is -2.41. The fraction of sp³-hybridized carbons (Fsp3) is 0.444. The van der Waals surface area contributed by atoms with Crippen molar-refractivity contribution in [2.24, 2.45) is 12.8 Å². The van der Waals surface area contributed by atoms with Crippen molar-refractivity contribution < 1.29 is 9.18 Å². The molecule has 0 saturated carbocycles. The van der Waals surface area contributed by atoms with Crippen molar-refractivity contribution in [3.8, 4) is 0 Å². The van der Waals surface area contributed by atoms with Crippen molar-refractivity contribution >= 4 is 11.6 Å². The molecule has 134 valence electrons. The number of amides is 1. The number of aryl methyl sites for hydroxylation is 2. The molecule has 0 spiro atoms. The SMILES string of the molecule is Cc1nn(C)c(C)c1CN1CCN(c2cccc(F)c2C(N)=O)CC1. The van der Waals surface area contributed by atoms with Crippen LogP contribution in [0.15, 0.2) is 18.2 Å². The van der Waals surface area contributed by atoms with E-state index in [0.717, 1.165) is 38.4 Å². The number of carbonyl (C=O) groups is 1. The average molecular weight is 345 g/mol. The quantitative estimate of drug-likeness (QED) is 0.914. The van der Waals surface area contributed by atoms with Crippen LogP contribution in [-0.2, 0) is 13.6 Å². The van der Waals surface area contributed by atoms with Gasteiger partial charge in [0.1, 0.15) is 5.82 Å². The first-order chi connectivity index (χ1) is 11.9. The fourth-order valence-corrected chi connectivity index (χ4v) is 3.44. The molecule has 1 aliphatic heterocycles. The first kappa shape index (κ1) is 17.4. The number of carbonyl (C=O) groups excluding carboxylic acids is 1. The average Bonchev–Trinajstić information content (AvgIpc) is 2.81. The van der Waals surface area contributed by atoms with E-state index in [9.17, 15) is 9.18 Å². The molecule has 2 N–H and O–H groups in total. The Bertz CT molecular complexity index is 793. The minimum absolute atomic E-state index is 0.0186. The van der Waals surface area contributed by atoms with E-state index in [-0.39, 0.29) is 5.56 Å². The summed E-state index contributed by atoms with van der Waals surface area (Å²) in [5, 5.41) is 4.47. The zero-order chi connectivity index (χ0) is 18.1. The second-order valence-electron chi connectivity index (χ2n) is 6.53. The lowest BCUT2D eigenvalue weighted by Crippen LogP contribution is -2.46. The number of primary amides is 1. The van der Waals surface area contributed by atoms with Gasteiger partial charge < -0.3 is 10.6 Å². The van der Waals surface area contributed by atoms with Gasteiger partial charge in [0.2, 0.25) is 0 Å². The standard InChI is InChI=1S/C18H24FN5O/c1-12-14(13(2)22(3)21-12)11-23-7-9-24(10-8-23)16-6-4-5-15(19)17(16)18(20)25/h4-6H,7-11H2,1-3H3,(H2,20,25). The molecule has 0 bridgehead atoms. The van der Waals surface area contributed by atoms with Crippen LogP contribution in [0.4, 0.5) is 10.1 Å². The summed E-state index contributed by atoms with van der Waals surface area (Å²) in [6, 6.07) is 4.65. The molecule has 0 radical (unpaired) electrons. The minimum Gasteiger partial charge on any atom is -0.368 e. The third kappa shape index (κ3) is 3.37. The molecular formula is C18H24FN5O. The van der Waals surface area contributed by atoms with Crippen LogP contribution in [0.3, 0.4) is 0 Å². The molecule has 2 aromatic rings. The number of hydrogen-bond donors (Lipinski definition) is 1. The van der Waals surface area contributed by atoms with E-state index in [1.54, 1.807) is 12.1 Å². The summed E-state index contributed by atoms with van der Waals surface area (Å²) in [6.45, 7) is 8.09. The number of nitrogens with two attached hydrogens (primary N) is 1. The molecule has 1 aromatic heterocycles. The maximum atomic E-state index is 14.0. The summed E-state index contributed by atoms with van der Waals surface area (Å²) in [7, 11) is 1.96. The van der Waals surface area contributed by atoms with Crippen LogP contribution in [0.2, 0.25) is 0 Å². The molecule has 25 heavy (non-hydrogen) atoms. The largest absolute Gasteiger partial charge is 0.368 e. The molecule has 3 rings (SSSR count). The Morgan fingerprint density at radius 3 is 2.48 bits per heavy atom. The van der Waals surface area contributed by atoms with Crippen molar-refractivity contribution in [3.05, 3.63) is 46.5 Å². The summed E-state index contributed by atoms with van der Waals surface area (Å²) >= 11 is 0. The molecule has 1 fully saturated rings. The van der Waals surface area contributed by atoms with Crippen LogP contribution in [0, 0.1) is 19.7 Å². The summed E-state index contributed by atoms with van der Waals surface area (Å²) in [5.74, 6) is -1.29. The maximum absolute atomic E-state index is 14.0. The summed E-state index contributed by atoms with van der Waals surface area (Å²) < 4.78 is 15.9. The molecular weight excluding hydrogens is 321 g/mol. The Balaban J connectivity index is 1.71. The lowest BCUT2D eigenvalue weighted by Gasteiger charge is -2.36. The number of hydrogen-bond acceptors (Lipinski definition) is 4. The van der Waals surface area contributed by atoms with Crippen LogP contribution in [0.5, 0.6) is 0 Å². The Morgan fingerprint density at radius 2 is 1.92 bits per heavy atom. The highest BCUT2D eigenvalue weighted by Crippen LogP contribution is 2.25. The van der Waals surface area contributed by atoms with Gasteiger partial charge in [-0.3, -0.25) is 14.4 Å². The van der Waals surface area contributed by atoms with Crippen LogP contribution in [-0.4, -0.2) is 46.8 Å². The number of halogens is 1. The maximum Gasteiger partial charge on any atom is 0.253 e. The molecule has 1 amide bonds. The van der Waals surface area contributed by atoms with Gasteiger partial charge in [0, 0.05) is 51.0 Å². The molecule has 1 aliphatic rings. The summed E-state index contributed by atoms with van der Waals surface area (Å²) in [5.41, 5.74) is 9.43. The molecule has 1 aromatic carbocycles. The smallest absolute Gasteiger partial charge is 0.253 e. The zero-order valence-electron chi connectivity index (χ0n) is 14.9. The highest BCUT2D eigenvalue weighted by Gasteiger charge is 2.24. The molecule has 2 heterocycles. The predicted molar refractivity (Wildman–Crippen MR) is 95.1 cm³/mol. The van der Waals surface area contributed by atoms with E-state index in [1.165, 1.54) is 17.3 Å². The van der Waals surface area contributed by atoms with Crippen molar-refractivity contribution in [1.29, 1.82) is 0 Å². The van der Waals surface area contributed by atoms with E-state index >= 15 is 0 Å². The number of rotatable bonds is 4. The second kappa shape index (κ2) is 6.84. The Kier molecular flexibility index (Phi) is 4.76. The van der Waals surface area contributed by atoms with Crippen molar-refractivity contribution in [1.82, 2.24) is 14.7 Å². The van der Waals surface area contributed by atoms with Crippen LogP contribution in [0.25, 0.3) is 0 Å². The second-order valence-corrected chi connectivity index (χ2v) is 6.53. The lowest BCUT2D eigenvalue weighted by molar-refractivity contribution is 0.0996. The minimum atomic E-state index is -0.725. The van der Waals surface area contributed by atoms with Gasteiger partial charge in [-0.25, -0.2) is 4.39 Å². The van der Waals surface area contributed by atoms with Crippen molar-refractivity contribution in [3.63, 3.8) is 0 Å². The van der Waals surface area contributed by atoms with Gasteiger partial charge in [0.15, 0.2) is 0 Å². The highest BCUT2D eigenvalue weighted by molar-refractivity contribution is 5.99. The van der Waals surface area contributed by atoms with Crippen LogP contribution >= 0.6 is 0 Å². The van der Waals surface area contributed by atoms with E-state index in [4.69, 9.17) is 5.73 Å². The Labute approximate surface area is 147 Å². The fourth-order valence-electron chi connectivity index (χ4n) is 3.44. The summed E-state index contributed by atoms with van der Waals surface area (Å²) in [6.07, 6.45) is 0. The normalized spacial score (nSPS) is 15.6. The van der Waals surface area contributed by atoms with E-state index < -0.39 is 11.7 Å². The van der Waals surface area contributed by atoms with Gasteiger partial charge in [0.25, 0.3) is 5.91 Å². The molecule has 0 atom stereocenters. The van der Waals surface area contributed by atoms with E-state index in [0.29, 0.717) is 5.69 Å². The molecule has 0 aliphatic carbocycles. The van der Waals surface area contributed by atoms with Gasteiger partial charge in [-0.1, -0.05) is 6.07 Å². The number of benzene rings is 1. The number of anilines is 1. The zero-order valence-corrected chi connectivity index (χ0v) is 14.9. The van der Waals surface area contributed by atoms with Crippen molar-refractivity contribution in [2.75, 3.05) is 31.1 Å². The Morgan fingerprint density at radius 1 is 1.24 bits per heavy atom. The number of aromatic nitrogens is 2. The van der Waals surface area contributed by atoms with Gasteiger partial charge in [-0.15, -0.1) is 0 Å². The monoisotopic (exact) mass is 345 g/mol. The third-order valence-electron chi connectivity index (χ3n) is 4.99. The lowest BCUT2D eigenvalue weighted by atomic mass is 10.1. The topological polar surface area (TPSA) is 67.4 Å². The van der Waals surface area contributed by atoms with Crippen LogP contribution in [0.1, 0.15) is 27.3 Å². The van der Waals surface area contributed by atoms with Crippen LogP contribution < -0.4 is 10.6 Å². The van der Waals surface area contributed by atoms with Gasteiger partial charge in [-0.05, 0) is 26.0 Å².